The molecule has 0 spiro atoms. The Morgan fingerprint density at radius 1 is 1.39 bits per heavy atom. The van der Waals surface area contributed by atoms with Crippen molar-refractivity contribution >= 4 is 17.0 Å². The molecule has 0 saturated heterocycles. The molecule has 96 valence electrons. The molecular weight excluding hydrogens is 256 g/mol. The van der Waals surface area contributed by atoms with Crippen molar-refractivity contribution in [3.8, 4) is 0 Å². The monoisotopic (exact) mass is 261 g/mol. The Morgan fingerprint density at radius 2 is 2.06 bits per heavy atom. The highest BCUT2D eigenvalue weighted by atomic mass is 19.4. The number of fused-ring (bicyclic) bond motifs is 1. The lowest BCUT2D eigenvalue weighted by Gasteiger charge is -2.11. The van der Waals surface area contributed by atoms with Crippen molar-refractivity contribution in [3.63, 3.8) is 0 Å². The molecule has 18 heavy (non-hydrogen) atoms. The maximum atomic E-state index is 13.3. The van der Waals surface area contributed by atoms with Crippen molar-refractivity contribution < 1.29 is 27.5 Å². The fourth-order valence-electron chi connectivity index (χ4n) is 1.61. The van der Waals surface area contributed by atoms with E-state index in [1.807, 2.05) is 0 Å². The third kappa shape index (κ3) is 2.13. The highest BCUT2D eigenvalue weighted by Gasteiger charge is 2.30. The second-order valence-electron chi connectivity index (χ2n) is 3.53. The van der Waals surface area contributed by atoms with Gasteiger partial charge < -0.3 is 14.5 Å². The van der Waals surface area contributed by atoms with Crippen molar-refractivity contribution in [2.45, 2.75) is 12.7 Å². The Bertz CT molecular complexity index is 618. The van der Waals surface area contributed by atoms with Gasteiger partial charge in [0.1, 0.15) is 18.0 Å². The minimum absolute atomic E-state index is 0.244. The number of carbonyl (C=O) groups is 1. The molecule has 4 nitrogen and oxygen atoms in total. The fraction of sp³-hybridized carbons (Fsp3) is 0.200. The molecule has 0 aliphatic rings. The number of halogens is 4. The molecule has 0 N–H and O–H groups in total. The Balaban J connectivity index is 2.71. The third-order valence-corrected chi connectivity index (χ3v) is 2.25. The molecule has 0 amide bonds. The van der Waals surface area contributed by atoms with Gasteiger partial charge >= 0.3 is 6.18 Å². The van der Waals surface area contributed by atoms with E-state index in [4.69, 9.17) is 0 Å². The normalized spacial score (nSPS) is 12.0. The average molecular weight is 261 g/mol. The molecule has 2 aromatic rings. The van der Waals surface area contributed by atoms with Crippen molar-refractivity contribution in [2.75, 3.05) is 0 Å². The summed E-state index contributed by atoms with van der Waals surface area (Å²) in [5.74, 6) is -3.74. The molecule has 1 aromatic carbocycles. The summed E-state index contributed by atoms with van der Waals surface area (Å²) in [5, 5.41) is 10.7. The molecular formula is C10H5F4N2O2-. The van der Waals surface area contributed by atoms with Crippen LogP contribution in [0.25, 0.3) is 11.0 Å². The molecule has 0 unspecified atom stereocenters. The van der Waals surface area contributed by atoms with Gasteiger partial charge in [-0.05, 0) is 12.1 Å². The van der Waals surface area contributed by atoms with Crippen LogP contribution in [-0.4, -0.2) is 21.7 Å². The summed E-state index contributed by atoms with van der Waals surface area (Å²) in [6, 6.07) is 3.31. The van der Waals surface area contributed by atoms with Crippen LogP contribution in [0.2, 0.25) is 0 Å². The first kappa shape index (κ1) is 12.3. The van der Waals surface area contributed by atoms with Gasteiger partial charge in [0.05, 0.1) is 5.52 Å². The predicted molar refractivity (Wildman–Crippen MR) is 50.1 cm³/mol. The van der Waals surface area contributed by atoms with Crippen LogP contribution in [0.5, 0.6) is 0 Å². The highest BCUT2D eigenvalue weighted by Crippen LogP contribution is 2.24. The number of hydrogen-bond donors (Lipinski definition) is 0. The molecule has 0 saturated carbocycles. The molecule has 0 bridgehead atoms. The van der Waals surface area contributed by atoms with Crippen LogP contribution in [-0.2, 0) is 6.54 Å². The second kappa shape index (κ2) is 3.97. The molecule has 0 atom stereocenters. The number of carboxylic acids is 1. The van der Waals surface area contributed by atoms with Crippen LogP contribution in [0.15, 0.2) is 18.2 Å². The van der Waals surface area contributed by atoms with Crippen molar-refractivity contribution in [1.82, 2.24) is 9.55 Å². The summed E-state index contributed by atoms with van der Waals surface area (Å²) in [6.45, 7) is -1.57. The number of para-hydroxylation sites is 1. The van der Waals surface area contributed by atoms with E-state index in [0.29, 0.717) is 4.57 Å². The lowest BCUT2D eigenvalue weighted by molar-refractivity contribution is -0.256. The molecule has 0 fully saturated rings. The van der Waals surface area contributed by atoms with Crippen LogP contribution >= 0.6 is 0 Å². The number of aromatic nitrogens is 2. The number of aromatic carboxylic acids is 1. The lowest BCUT2D eigenvalue weighted by atomic mass is 10.3. The zero-order valence-electron chi connectivity index (χ0n) is 8.66. The summed E-state index contributed by atoms with van der Waals surface area (Å²) in [6.07, 6.45) is -4.65. The number of carboxylic acid groups (broad SMARTS) is 1. The minimum atomic E-state index is -4.65. The Kier molecular flexibility index (Phi) is 2.72. The number of rotatable bonds is 2. The Labute approximate surface area is 97.5 Å². The number of nitrogens with zero attached hydrogens (tertiary/aromatic N) is 2. The van der Waals surface area contributed by atoms with Gasteiger partial charge in [-0.2, -0.15) is 13.2 Å². The quantitative estimate of drug-likeness (QED) is 0.760. The van der Waals surface area contributed by atoms with Crippen LogP contribution < -0.4 is 5.11 Å². The molecule has 1 aromatic heterocycles. The number of imidazole rings is 1. The van der Waals surface area contributed by atoms with Gasteiger partial charge in [-0.15, -0.1) is 0 Å². The van der Waals surface area contributed by atoms with E-state index >= 15 is 0 Å². The molecule has 1 heterocycles. The van der Waals surface area contributed by atoms with E-state index in [1.165, 1.54) is 6.07 Å². The summed E-state index contributed by atoms with van der Waals surface area (Å²) in [5.41, 5.74) is -0.674. The predicted octanol–water partition coefficient (Wildman–Crippen LogP) is 1.10. The zero-order chi connectivity index (χ0) is 13.5. The maximum Gasteiger partial charge on any atom is 0.406 e. The fourth-order valence-corrected chi connectivity index (χ4v) is 1.61. The number of benzene rings is 1. The lowest BCUT2D eigenvalue weighted by Crippen LogP contribution is -2.29. The van der Waals surface area contributed by atoms with E-state index in [2.05, 4.69) is 4.98 Å². The maximum absolute atomic E-state index is 13.3. The molecule has 8 heteroatoms. The van der Waals surface area contributed by atoms with E-state index < -0.39 is 35.8 Å². The van der Waals surface area contributed by atoms with E-state index in [9.17, 15) is 27.5 Å². The third-order valence-electron chi connectivity index (χ3n) is 2.25. The van der Waals surface area contributed by atoms with Gasteiger partial charge in [-0.25, -0.2) is 9.37 Å². The summed E-state index contributed by atoms with van der Waals surface area (Å²) < 4.78 is 50.7. The zero-order valence-corrected chi connectivity index (χ0v) is 8.66. The molecule has 0 radical (unpaired) electrons. The van der Waals surface area contributed by atoms with Crippen molar-refractivity contribution in [2.24, 2.45) is 0 Å². The van der Waals surface area contributed by atoms with Crippen LogP contribution in [0, 0.1) is 5.82 Å². The number of alkyl halides is 3. The van der Waals surface area contributed by atoms with E-state index in [0.717, 1.165) is 12.1 Å². The van der Waals surface area contributed by atoms with E-state index in [1.54, 1.807) is 0 Å². The first-order valence-electron chi connectivity index (χ1n) is 4.72. The number of hydrogen-bond acceptors (Lipinski definition) is 3. The topological polar surface area (TPSA) is 57.9 Å². The minimum Gasteiger partial charge on any atom is -0.542 e. The van der Waals surface area contributed by atoms with Gasteiger partial charge in [-0.3, -0.25) is 0 Å². The van der Waals surface area contributed by atoms with Crippen LogP contribution in [0.1, 0.15) is 10.6 Å². The summed E-state index contributed by atoms with van der Waals surface area (Å²) >= 11 is 0. The largest absolute Gasteiger partial charge is 0.542 e. The average Bonchev–Trinajstić information content (AvgIpc) is 2.57. The van der Waals surface area contributed by atoms with Gasteiger partial charge in [-0.1, -0.05) is 6.07 Å². The van der Waals surface area contributed by atoms with Crippen LogP contribution in [0.3, 0.4) is 0 Å². The van der Waals surface area contributed by atoms with Gasteiger partial charge in [0.2, 0.25) is 0 Å². The Hall–Kier alpha value is -2.12. The molecule has 2 rings (SSSR count). The van der Waals surface area contributed by atoms with Gasteiger partial charge in [0.15, 0.2) is 11.6 Å². The summed E-state index contributed by atoms with van der Waals surface area (Å²) in [4.78, 5) is 14.0. The van der Waals surface area contributed by atoms with Crippen molar-refractivity contribution in [1.29, 1.82) is 0 Å². The van der Waals surface area contributed by atoms with E-state index in [-0.39, 0.29) is 5.52 Å². The van der Waals surface area contributed by atoms with Crippen molar-refractivity contribution in [3.05, 3.63) is 29.8 Å². The molecule has 0 aliphatic heterocycles. The molecule has 0 aliphatic carbocycles. The first-order valence-corrected chi connectivity index (χ1v) is 4.72. The summed E-state index contributed by atoms with van der Waals surface area (Å²) in [7, 11) is 0. The standard InChI is InChI=1S/C10H6F4N2O2/c11-5-2-1-3-6-7(5)15-8(9(17)18)16(6)4-10(12,13)14/h1-3H,4H2,(H,17,18)/p-1. The van der Waals surface area contributed by atoms with Gasteiger partial charge in [0, 0.05) is 0 Å². The Morgan fingerprint density at radius 3 is 2.61 bits per heavy atom. The van der Waals surface area contributed by atoms with Crippen LogP contribution in [0.4, 0.5) is 17.6 Å². The highest BCUT2D eigenvalue weighted by molar-refractivity contribution is 5.88. The number of carbonyl (C=O) groups excluding carboxylic acids is 1. The van der Waals surface area contributed by atoms with Gasteiger partial charge in [0.25, 0.3) is 0 Å². The second-order valence-corrected chi connectivity index (χ2v) is 3.53. The SMILES string of the molecule is O=C([O-])c1nc2c(F)cccc2n1CC(F)(F)F. The smallest absolute Gasteiger partial charge is 0.406 e. The first-order chi connectivity index (χ1) is 8.29.